The Balaban J connectivity index is 2.11. The van der Waals surface area contributed by atoms with Gasteiger partial charge in [-0.1, -0.05) is 11.8 Å². The van der Waals surface area contributed by atoms with Crippen LogP contribution in [0.3, 0.4) is 0 Å². The van der Waals surface area contributed by atoms with E-state index in [1.165, 1.54) is 17.8 Å². The molecule has 1 saturated carbocycles. The van der Waals surface area contributed by atoms with Gasteiger partial charge in [-0.05, 0) is 19.8 Å². The first kappa shape index (κ1) is 10.5. The van der Waals surface area contributed by atoms with Gasteiger partial charge in [-0.15, -0.1) is 0 Å². The number of hydrogen-bond acceptors (Lipinski definition) is 4. The van der Waals surface area contributed by atoms with E-state index in [0.29, 0.717) is 11.6 Å². The van der Waals surface area contributed by atoms with Crippen LogP contribution < -0.4 is 0 Å². The third kappa shape index (κ3) is 1.76. The van der Waals surface area contributed by atoms with Gasteiger partial charge in [0.1, 0.15) is 4.75 Å². The summed E-state index contributed by atoms with van der Waals surface area (Å²) in [5.74, 6) is -0.264. The zero-order chi connectivity index (χ0) is 11.1. The first-order chi connectivity index (χ1) is 7.09. The van der Waals surface area contributed by atoms with Crippen molar-refractivity contribution < 1.29 is 14.3 Å². The second-order valence-electron chi connectivity index (χ2n) is 3.70. The minimum Gasteiger partial charge on any atom is -0.463 e. The number of thioether (sulfide) groups is 1. The van der Waals surface area contributed by atoms with Crippen molar-refractivity contribution in [3.63, 3.8) is 0 Å². The van der Waals surface area contributed by atoms with Crippen molar-refractivity contribution in [2.75, 3.05) is 13.7 Å². The molecule has 0 aromatic rings. The summed E-state index contributed by atoms with van der Waals surface area (Å²) in [5.41, 5.74) is 0. The first-order valence-corrected chi connectivity index (χ1v) is 5.76. The highest BCUT2D eigenvalue weighted by molar-refractivity contribution is 8.05. The van der Waals surface area contributed by atoms with E-state index in [0.717, 1.165) is 12.8 Å². The van der Waals surface area contributed by atoms with Gasteiger partial charge < -0.3 is 9.64 Å². The maximum absolute atomic E-state index is 11.8. The summed E-state index contributed by atoms with van der Waals surface area (Å²) in [5, 5.41) is 0.705. The zero-order valence-electron chi connectivity index (χ0n) is 8.78. The zero-order valence-corrected chi connectivity index (χ0v) is 9.60. The second-order valence-corrected chi connectivity index (χ2v) is 5.10. The minimum atomic E-state index is -0.377. The lowest BCUT2D eigenvalue weighted by Gasteiger charge is -2.08. The Hall–Kier alpha value is -0.970. The number of carbonyl (C=O) groups is 2. The second kappa shape index (κ2) is 3.56. The van der Waals surface area contributed by atoms with Gasteiger partial charge in [-0.3, -0.25) is 4.79 Å². The molecule has 2 fully saturated rings. The Morgan fingerprint density at radius 3 is 2.80 bits per heavy atom. The molecule has 1 aliphatic heterocycles. The molecule has 0 unspecified atom stereocenters. The van der Waals surface area contributed by atoms with Crippen LogP contribution in [0, 0.1) is 0 Å². The summed E-state index contributed by atoms with van der Waals surface area (Å²) in [7, 11) is 1.70. The van der Waals surface area contributed by atoms with Gasteiger partial charge >= 0.3 is 5.97 Å². The van der Waals surface area contributed by atoms with Crippen molar-refractivity contribution in [1.82, 2.24) is 4.90 Å². The molecule has 1 amide bonds. The number of hydrogen-bond donors (Lipinski definition) is 0. The molecule has 0 aromatic carbocycles. The van der Waals surface area contributed by atoms with E-state index < -0.39 is 0 Å². The molecule has 1 heterocycles. The highest BCUT2D eigenvalue weighted by atomic mass is 32.2. The predicted molar refractivity (Wildman–Crippen MR) is 57.0 cm³/mol. The van der Waals surface area contributed by atoms with Crippen molar-refractivity contribution in [3.05, 3.63) is 11.1 Å². The van der Waals surface area contributed by atoms with Crippen molar-refractivity contribution in [1.29, 1.82) is 0 Å². The fraction of sp³-hybridized carbons (Fsp3) is 0.600. The molecule has 1 spiro atoms. The van der Waals surface area contributed by atoms with Gasteiger partial charge in [-0.2, -0.15) is 0 Å². The standard InChI is InChI=1S/C10H13NO3S/c1-3-14-8(12)6-7-11(2)9(13)10(15-7)4-5-10/h6H,3-5H2,1-2H3/b7-6-. The highest BCUT2D eigenvalue weighted by Crippen LogP contribution is 2.57. The first-order valence-electron chi connectivity index (χ1n) is 4.95. The maximum atomic E-state index is 11.8. The Labute approximate surface area is 92.6 Å². The van der Waals surface area contributed by atoms with Crippen LogP contribution in [0.25, 0.3) is 0 Å². The molecule has 15 heavy (non-hydrogen) atoms. The van der Waals surface area contributed by atoms with Crippen LogP contribution in [0.2, 0.25) is 0 Å². The Morgan fingerprint density at radius 2 is 2.33 bits per heavy atom. The number of esters is 1. The predicted octanol–water partition coefficient (Wildman–Crippen LogP) is 1.13. The van der Waals surface area contributed by atoms with Crippen LogP contribution in [0.4, 0.5) is 0 Å². The van der Waals surface area contributed by atoms with Gasteiger partial charge in [0.25, 0.3) is 0 Å². The van der Waals surface area contributed by atoms with Crippen molar-refractivity contribution >= 4 is 23.6 Å². The van der Waals surface area contributed by atoms with E-state index in [2.05, 4.69) is 0 Å². The van der Waals surface area contributed by atoms with E-state index in [4.69, 9.17) is 4.74 Å². The molecule has 0 aromatic heterocycles. The molecule has 82 valence electrons. The fourth-order valence-corrected chi connectivity index (χ4v) is 2.86. The van der Waals surface area contributed by atoms with Crippen LogP contribution in [-0.2, 0) is 14.3 Å². The molecule has 2 rings (SSSR count). The van der Waals surface area contributed by atoms with Gasteiger partial charge in [0.2, 0.25) is 5.91 Å². The highest BCUT2D eigenvalue weighted by Gasteiger charge is 2.58. The lowest BCUT2D eigenvalue weighted by molar-refractivity contribution is -0.137. The molecule has 1 aliphatic carbocycles. The molecule has 1 saturated heterocycles. The normalized spacial score (nSPS) is 25.1. The largest absolute Gasteiger partial charge is 0.463 e. The van der Waals surface area contributed by atoms with E-state index in [1.807, 2.05) is 0 Å². The van der Waals surface area contributed by atoms with Crippen LogP contribution in [-0.4, -0.2) is 35.2 Å². The Kier molecular flexibility index (Phi) is 2.50. The number of rotatable bonds is 2. The van der Waals surface area contributed by atoms with Crippen molar-refractivity contribution in [2.45, 2.75) is 24.5 Å². The number of carbonyl (C=O) groups excluding carboxylic acids is 2. The summed E-state index contributed by atoms with van der Waals surface area (Å²) in [6.07, 6.45) is 3.24. The van der Waals surface area contributed by atoms with E-state index in [1.54, 1.807) is 18.9 Å². The smallest absolute Gasteiger partial charge is 0.333 e. The van der Waals surface area contributed by atoms with Gasteiger partial charge in [0, 0.05) is 7.05 Å². The van der Waals surface area contributed by atoms with Gasteiger partial charge in [0.05, 0.1) is 17.7 Å². The molecule has 2 aliphatic rings. The van der Waals surface area contributed by atoms with Gasteiger partial charge in [-0.25, -0.2) is 4.79 Å². The maximum Gasteiger partial charge on any atom is 0.333 e. The summed E-state index contributed by atoms with van der Waals surface area (Å²) in [6.45, 7) is 2.12. The molecule has 4 nitrogen and oxygen atoms in total. The summed E-state index contributed by atoms with van der Waals surface area (Å²) in [4.78, 5) is 24.5. The molecule has 0 radical (unpaired) electrons. The molecular formula is C10H13NO3S. The Bertz CT molecular complexity index is 347. The summed E-state index contributed by atoms with van der Waals surface area (Å²) >= 11 is 1.49. The molecule has 0 N–H and O–H groups in total. The number of amides is 1. The minimum absolute atomic E-state index is 0.114. The van der Waals surface area contributed by atoms with Gasteiger partial charge in [0.15, 0.2) is 0 Å². The fourth-order valence-electron chi connectivity index (χ4n) is 1.56. The van der Waals surface area contributed by atoms with Crippen LogP contribution in [0.1, 0.15) is 19.8 Å². The monoisotopic (exact) mass is 227 g/mol. The van der Waals surface area contributed by atoms with E-state index in [-0.39, 0.29) is 16.6 Å². The molecular weight excluding hydrogens is 214 g/mol. The number of nitrogens with zero attached hydrogens (tertiary/aromatic N) is 1. The summed E-state index contributed by atoms with van der Waals surface area (Å²) < 4.78 is 4.57. The van der Waals surface area contributed by atoms with Crippen molar-refractivity contribution in [2.24, 2.45) is 0 Å². The lowest BCUT2D eigenvalue weighted by Crippen LogP contribution is -2.25. The van der Waals surface area contributed by atoms with Crippen LogP contribution >= 0.6 is 11.8 Å². The quantitative estimate of drug-likeness (QED) is 0.524. The van der Waals surface area contributed by atoms with E-state index in [9.17, 15) is 9.59 Å². The molecule has 0 atom stereocenters. The average Bonchev–Trinajstić information content (AvgIpc) is 2.92. The summed E-state index contributed by atoms with van der Waals surface area (Å²) in [6, 6.07) is 0. The van der Waals surface area contributed by atoms with Crippen LogP contribution in [0.5, 0.6) is 0 Å². The number of ether oxygens (including phenoxy) is 1. The van der Waals surface area contributed by atoms with Crippen LogP contribution in [0.15, 0.2) is 11.1 Å². The average molecular weight is 227 g/mol. The topological polar surface area (TPSA) is 46.6 Å². The third-order valence-electron chi connectivity index (χ3n) is 2.56. The van der Waals surface area contributed by atoms with E-state index >= 15 is 0 Å². The Morgan fingerprint density at radius 1 is 1.67 bits per heavy atom. The lowest BCUT2D eigenvalue weighted by atomic mass is 10.3. The third-order valence-corrected chi connectivity index (χ3v) is 4.13. The SMILES string of the molecule is CCOC(=O)/C=C1\SC2(CC2)C(=O)N1C. The molecule has 5 heteroatoms. The molecule has 0 bridgehead atoms. The van der Waals surface area contributed by atoms with Crippen molar-refractivity contribution in [3.8, 4) is 0 Å².